The third-order valence-corrected chi connectivity index (χ3v) is 3.44. The maximum absolute atomic E-state index is 13.0. The Kier molecular flexibility index (Phi) is 5.50. The summed E-state index contributed by atoms with van der Waals surface area (Å²) >= 11 is 0. The van der Waals surface area contributed by atoms with Crippen LogP contribution in [0.2, 0.25) is 0 Å². The number of carbonyl (C=O) groups excluding carboxylic acids is 1. The van der Waals surface area contributed by atoms with Crippen LogP contribution in [0.4, 0.5) is 4.39 Å². The Bertz CT molecular complexity index is 652. The van der Waals surface area contributed by atoms with Gasteiger partial charge in [0.05, 0.1) is 19.0 Å². The highest BCUT2D eigenvalue weighted by Crippen LogP contribution is 2.17. The summed E-state index contributed by atoms with van der Waals surface area (Å²) in [7, 11) is 1.80. The molecule has 0 aliphatic rings. The molecule has 0 unspecified atom stereocenters. The lowest BCUT2D eigenvalue weighted by Crippen LogP contribution is -2.37. The van der Waals surface area contributed by atoms with Crippen LogP contribution >= 0.6 is 0 Å². The van der Waals surface area contributed by atoms with E-state index >= 15 is 0 Å². The number of amides is 1. The predicted octanol–water partition coefficient (Wildman–Crippen LogP) is 2.39. The molecule has 0 aliphatic heterocycles. The molecular formula is C17H22FN3O2. The molecule has 1 aromatic heterocycles. The van der Waals surface area contributed by atoms with Crippen LogP contribution in [0.5, 0.6) is 0 Å². The van der Waals surface area contributed by atoms with Crippen molar-refractivity contribution in [1.29, 1.82) is 0 Å². The van der Waals surface area contributed by atoms with Gasteiger partial charge < -0.3 is 14.6 Å². The second-order valence-corrected chi connectivity index (χ2v) is 6.10. The van der Waals surface area contributed by atoms with Crippen molar-refractivity contribution in [3.05, 3.63) is 53.9 Å². The smallest absolute Gasteiger partial charge is 0.274 e. The summed E-state index contributed by atoms with van der Waals surface area (Å²) in [6, 6.07) is 5.65. The van der Waals surface area contributed by atoms with Crippen LogP contribution in [0.1, 0.15) is 36.0 Å². The lowest BCUT2D eigenvalue weighted by Gasteiger charge is -2.26. The van der Waals surface area contributed by atoms with Gasteiger partial charge in [-0.15, -0.1) is 0 Å². The fourth-order valence-corrected chi connectivity index (χ4v) is 2.37. The van der Waals surface area contributed by atoms with Crippen LogP contribution < -0.4 is 0 Å². The van der Waals surface area contributed by atoms with Gasteiger partial charge >= 0.3 is 0 Å². The number of hydrogen-bond donors (Lipinski definition) is 1. The molecule has 2 rings (SSSR count). The number of aliphatic hydroxyl groups is 1. The van der Waals surface area contributed by atoms with Gasteiger partial charge in [-0.2, -0.15) is 0 Å². The van der Waals surface area contributed by atoms with Crippen LogP contribution in [-0.2, 0) is 7.05 Å². The minimum absolute atomic E-state index is 0.138. The van der Waals surface area contributed by atoms with Gasteiger partial charge in [-0.3, -0.25) is 4.79 Å². The fraction of sp³-hybridized carbons (Fsp3) is 0.412. The molecule has 0 fully saturated rings. The summed E-state index contributed by atoms with van der Waals surface area (Å²) < 4.78 is 14.7. The van der Waals surface area contributed by atoms with Crippen molar-refractivity contribution >= 4 is 5.91 Å². The van der Waals surface area contributed by atoms with Gasteiger partial charge in [0, 0.05) is 19.8 Å². The molecule has 0 aliphatic carbocycles. The van der Waals surface area contributed by atoms with Crippen molar-refractivity contribution < 1.29 is 14.3 Å². The molecule has 0 saturated carbocycles. The fourth-order valence-electron chi connectivity index (χ4n) is 2.37. The SMILES string of the molecule is CC(C)CN(C[C@@H](O)c1ccc(F)cc1)C(=O)c1cn(C)cn1. The van der Waals surface area contributed by atoms with Crippen molar-refractivity contribution in [3.8, 4) is 0 Å². The third-order valence-electron chi connectivity index (χ3n) is 3.44. The first-order valence-corrected chi connectivity index (χ1v) is 7.57. The lowest BCUT2D eigenvalue weighted by molar-refractivity contribution is 0.0589. The highest BCUT2D eigenvalue weighted by Gasteiger charge is 2.22. The monoisotopic (exact) mass is 319 g/mol. The van der Waals surface area contributed by atoms with E-state index in [1.807, 2.05) is 13.8 Å². The number of aromatic nitrogens is 2. The second kappa shape index (κ2) is 7.37. The molecule has 1 aromatic carbocycles. The number of rotatable bonds is 6. The normalized spacial score (nSPS) is 12.4. The molecule has 1 atom stereocenters. The van der Waals surface area contributed by atoms with E-state index in [0.717, 1.165) is 0 Å². The van der Waals surface area contributed by atoms with Gasteiger partial charge in [0.1, 0.15) is 11.5 Å². The summed E-state index contributed by atoms with van der Waals surface area (Å²) in [5.74, 6) is -0.326. The van der Waals surface area contributed by atoms with Crippen molar-refractivity contribution in [3.63, 3.8) is 0 Å². The zero-order chi connectivity index (χ0) is 17.0. The molecule has 5 nitrogen and oxygen atoms in total. The van der Waals surface area contributed by atoms with Crippen LogP contribution in [-0.4, -0.2) is 38.6 Å². The Hall–Kier alpha value is -2.21. The molecule has 1 amide bonds. The van der Waals surface area contributed by atoms with Crippen molar-refractivity contribution in [2.24, 2.45) is 13.0 Å². The number of carbonyl (C=O) groups is 1. The second-order valence-electron chi connectivity index (χ2n) is 6.10. The molecule has 2 aromatic rings. The zero-order valence-electron chi connectivity index (χ0n) is 13.6. The summed E-state index contributed by atoms with van der Waals surface area (Å²) in [6.07, 6.45) is 2.35. The van der Waals surface area contributed by atoms with Crippen LogP contribution in [0.15, 0.2) is 36.8 Å². The van der Waals surface area contributed by atoms with Crippen molar-refractivity contribution in [1.82, 2.24) is 14.5 Å². The first-order valence-electron chi connectivity index (χ1n) is 7.57. The lowest BCUT2D eigenvalue weighted by atomic mass is 10.1. The van der Waals surface area contributed by atoms with E-state index in [9.17, 15) is 14.3 Å². The van der Waals surface area contributed by atoms with Gasteiger partial charge in [-0.25, -0.2) is 9.37 Å². The maximum atomic E-state index is 13.0. The summed E-state index contributed by atoms with van der Waals surface area (Å²) in [4.78, 5) is 18.3. The maximum Gasteiger partial charge on any atom is 0.274 e. The van der Waals surface area contributed by atoms with Crippen molar-refractivity contribution in [2.45, 2.75) is 20.0 Å². The summed E-state index contributed by atoms with van der Waals surface area (Å²) in [5.41, 5.74) is 0.924. The number of imidazole rings is 1. The highest BCUT2D eigenvalue weighted by molar-refractivity contribution is 5.92. The average molecular weight is 319 g/mol. The third kappa shape index (κ3) is 4.63. The van der Waals surface area contributed by atoms with Crippen molar-refractivity contribution in [2.75, 3.05) is 13.1 Å². The molecule has 23 heavy (non-hydrogen) atoms. The molecular weight excluding hydrogens is 297 g/mol. The number of nitrogens with zero attached hydrogens (tertiary/aromatic N) is 3. The minimum atomic E-state index is -0.873. The Morgan fingerprint density at radius 3 is 2.48 bits per heavy atom. The molecule has 124 valence electrons. The van der Waals surface area contributed by atoms with E-state index in [1.165, 1.54) is 24.3 Å². The van der Waals surface area contributed by atoms with Crippen LogP contribution in [0, 0.1) is 11.7 Å². The first-order chi connectivity index (χ1) is 10.9. The number of benzene rings is 1. The Morgan fingerprint density at radius 1 is 1.30 bits per heavy atom. The minimum Gasteiger partial charge on any atom is -0.387 e. The van der Waals surface area contributed by atoms with Gasteiger partial charge in [0.25, 0.3) is 5.91 Å². The van der Waals surface area contributed by atoms with E-state index in [4.69, 9.17) is 0 Å². The molecule has 0 saturated heterocycles. The van der Waals surface area contributed by atoms with Crippen LogP contribution in [0.25, 0.3) is 0 Å². The number of aliphatic hydroxyl groups excluding tert-OH is 1. The number of halogens is 1. The Labute approximate surface area is 135 Å². The number of hydrogen-bond acceptors (Lipinski definition) is 3. The molecule has 1 heterocycles. The molecule has 0 bridgehead atoms. The Morgan fingerprint density at radius 2 is 1.96 bits per heavy atom. The van der Waals surface area contributed by atoms with E-state index in [-0.39, 0.29) is 24.2 Å². The van der Waals surface area contributed by atoms with E-state index < -0.39 is 6.10 Å². The largest absolute Gasteiger partial charge is 0.387 e. The number of aryl methyl sites for hydroxylation is 1. The molecule has 1 N–H and O–H groups in total. The predicted molar refractivity (Wildman–Crippen MR) is 85.3 cm³/mol. The summed E-state index contributed by atoms with van der Waals surface area (Å²) in [6.45, 7) is 4.65. The average Bonchev–Trinajstić information content (AvgIpc) is 2.92. The highest BCUT2D eigenvalue weighted by atomic mass is 19.1. The molecule has 0 spiro atoms. The van der Waals surface area contributed by atoms with E-state index in [2.05, 4.69) is 4.98 Å². The zero-order valence-corrected chi connectivity index (χ0v) is 13.6. The van der Waals surface area contributed by atoms with Gasteiger partial charge in [0.2, 0.25) is 0 Å². The molecule has 0 radical (unpaired) electrons. The van der Waals surface area contributed by atoms with Gasteiger partial charge in [0.15, 0.2) is 0 Å². The topological polar surface area (TPSA) is 58.4 Å². The quantitative estimate of drug-likeness (QED) is 0.889. The summed E-state index contributed by atoms with van der Waals surface area (Å²) in [5, 5.41) is 10.4. The standard InChI is InChI=1S/C17H22FN3O2/c1-12(2)8-21(17(23)15-9-20(3)11-19-15)10-16(22)13-4-6-14(18)7-5-13/h4-7,9,11-12,16,22H,8,10H2,1-3H3/t16-/m1/s1. The van der Waals surface area contributed by atoms with E-state index in [0.29, 0.717) is 17.8 Å². The van der Waals surface area contributed by atoms with Gasteiger partial charge in [-0.05, 0) is 23.6 Å². The molecule has 6 heteroatoms. The van der Waals surface area contributed by atoms with Crippen LogP contribution in [0.3, 0.4) is 0 Å². The Balaban J connectivity index is 2.14. The first kappa shape index (κ1) is 17.1. The van der Waals surface area contributed by atoms with Gasteiger partial charge in [-0.1, -0.05) is 26.0 Å². The van der Waals surface area contributed by atoms with E-state index in [1.54, 1.807) is 29.0 Å².